The molecule has 5 heteroatoms. The number of likely N-dealkylation sites (N-methyl/N-ethyl adjacent to an activating group) is 2. The van der Waals surface area contributed by atoms with Crippen molar-refractivity contribution in [2.75, 3.05) is 41.3 Å². The summed E-state index contributed by atoms with van der Waals surface area (Å²) in [5.41, 5.74) is 0.476. The summed E-state index contributed by atoms with van der Waals surface area (Å²) in [7, 11) is 8.35. The molecule has 0 aromatic heterocycles. The Balaban J connectivity index is -0.000000386. The van der Waals surface area contributed by atoms with Crippen LogP contribution in [0.1, 0.15) is 67.7 Å². The van der Waals surface area contributed by atoms with Crippen LogP contribution in [0.3, 0.4) is 0 Å². The van der Waals surface area contributed by atoms with Crippen LogP contribution < -0.4 is 29.6 Å². The van der Waals surface area contributed by atoms with E-state index in [2.05, 4.69) is 111 Å². The third-order valence-corrected chi connectivity index (χ3v) is 4.77. The van der Waals surface area contributed by atoms with E-state index in [9.17, 15) is 0 Å². The molecule has 2 aromatic rings. The first-order chi connectivity index (χ1) is 14.7. The Hall–Kier alpha value is 0.203. The van der Waals surface area contributed by atoms with Crippen molar-refractivity contribution in [2.45, 2.75) is 78.8 Å². The van der Waals surface area contributed by atoms with Crippen LogP contribution in [0, 0.1) is 12.0 Å². The molecule has 1 aliphatic heterocycles. The predicted octanol–water partition coefficient (Wildman–Crippen LogP) is 4.47. The minimum Gasteiger partial charge on any atom is -0.652 e. The second-order valence-corrected chi connectivity index (χ2v) is 11.0. The predicted molar refractivity (Wildman–Crippen MR) is 146 cm³/mol. The van der Waals surface area contributed by atoms with Gasteiger partial charge < -0.3 is 21.0 Å². The van der Waals surface area contributed by atoms with Gasteiger partial charge in [0.2, 0.25) is 0 Å². The standard InChI is InChI=1S/C10H7.C9H18N.C6H16N2.C4H9.Na.Zn/c1-2-6-10-8-4-3-7-9(10)5-1;1-8(2)6-5-7-9(3,4)10-8;1-7(2)5-6-8(3)4;1-4(2)3;;/h1-3,5-8H;5-7H2,1-4H3;5-6H2,1-4H3;1-3H3;;/q2*-1;;-1;+1;+2. The zero-order valence-electron chi connectivity index (χ0n) is 24.6. The van der Waals surface area contributed by atoms with Gasteiger partial charge in [-0.1, -0.05) is 65.2 Å². The summed E-state index contributed by atoms with van der Waals surface area (Å²) < 4.78 is 0. The number of hydrogen-bond donors (Lipinski definition) is 0. The smallest absolute Gasteiger partial charge is 0.652 e. The Kier molecular flexibility index (Phi) is 23.1. The number of fused-ring (bicyclic) bond motifs is 1. The summed E-state index contributed by atoms with van der Waals surface area (Å²) in [5, 5.41) is 7.28. The topological polar surface area (TPSA) is 20.6 Å². The fourth-order valence-electron chi connectivity index (χ4n) is 3.35. The third kappa shape index (κ3) is 22.7. The summed E-state index contributed by atoms with van der Waals surface area (Å²) in [4.78, 5) is 4.36. The van der Waals surface area contributed by atoms with Crippen molar-refractivity contribution in [2.24, 2.45) is 0 Å². The van der Waals surface area contributed by atoms with Gasteiger partial charge in [0, 0.05) is 13.1 Å². The van der Waals surface area contributed by atoms with Crippen LogP contribution in [0.5, 0.6) is 0 Å². The summed E-state index contributed by atoms with van der Waals surface area (Å²) >= 11 is 0. The quantitative estimate of drug-likeness (QED) is 0.433. The maximum atomic E-state index is 4.75. The molecule has 1 aliphatic rings. The molecule has 0 unspecified atom stereocenters. The van der Waals surface area contributed by atoms with E-state index in [1.54, 1.807) is 0 Å². The molecule has 0 spiro atoms. The third-order valence-electron chi connectivity index (χ3n) is 4.77. The minimum absolute atomic E-state index is 0. The summed E-state index contributed by atoms with van der Waals surface area (Å²) in [6.45, 7) is 17.5. The van der Waals surface area contributed by atoms with Crippen LogP contribution >= 0.6 is 0 Å². The molecule has 2 aromatic carbocycles. The van der Waals surface area contributed by atoms with E-state index in [4.69, 9.17) is 5.32 Å². The van der Waals surface area contributed by atoms with Crippen LogP contribution in [0.4, 0.5) is 0 Å². The van der Waals surface area contributed by atoms with E-state index in [-0.39, 0.29) is 60.1 Å². The van der Waals surface area contributed by atoms with E-state index in [1.165, 1.54) is 36.0 Å². The summed E-state index contributed by atoms with van der Waals surface area (Å²) in [6.07, 6.45) is 3.86. The van der Waals surface area contributed by atoms with E-state index >= 15 is 0 Å². The van der Waals surface area contributed by atoms with E-state index < -0.39 is 0 Å². The van der Waals surface area contributed by atoms with Gasteiger partial charge in [-0.15, -0.1) is 27.9 Å². The summed E-state index contributed by atoms with van der Waals surface area (Å²) in [6, 6.07) is 17.3. The van der Waals surface area contributed by atoms with Gasteiger partial charge in [0.25, 0.3) is 0 Å². The first-order valence-electron chi connectivity index (χ1n) is 11.9. The van der Waals surface area contributed by atoms with Crippen molar-refractivity contribution in [3.8, 4) is 0 Å². The normalized spacial score (nSPS) is 15.5. The Morgan fingerprint density at radius 2 is 1.24 bits per heavy atom. The van der Waals surface area contributed by atoms with Gasteiger partial charge in [-0.3, -0.25) is 0 Å². The molecule has 0 atom stereocenters. The van der Waals surface area contributed by atoms with Crippen LogP contribution in [-0.2, 0) is 19.5 Å². The second-order valence-electron chi connectivity index (χ2n) is 11.0. The minimum atomic E-state index is 0. The van der Waals surface area contributed by atoms with Crippen molar-refractivity contribution in [3.63, 3.8) is 0 Å². The molecule has 3 rings (SSSR count). The number of benzene rings is 2. The van der Waals surface area contributed by atoms with Crippen LogP contribution in [0.25, 0.3) is 16.1 Å². The SMILES string of the molecule is CC1(C)CCCC(C)(C)[N-]1.CN(C)CCN(C)C.C[C-](C)C.[Na+].[Zn+2].[c-]1ccc2ccccc2c1. The molecule has 0 bridgehead atoms. The fraction of sp³-hybridized carbons (Fsp3) is 0.621. The van der Waals surface area contributed by atoms with Gasteiger partial charge in [0.1, 0.15) is 0 Å². The van der Waals surface area contributed by atoms with Crippen LogP contribution in [0.2, 0.25) is 0 Å². The van der Waals surface area contributed by atoms with Crippen molar-refractivity contribution in [1.29, 1.82) is 0 Å². The van der Waals surface area contributed by atoms with Gasteiger partial charge in [-0.05, 0) is 28.2 Å². The van der Waals surface area contributed by atoms with Crippen molar-refractivity contribution < 1.29 is 49.0 Å². The largest absolute Gasteiger partial charge is 2.00 e. The molecule has 1 fully saturated rings. The molecule has 0 saturated carbocycles. The molecule has 0 radical (unpaired) electrons. The molecular formula is C29H50N3NaZn. The monoisotopic (exact) mass is 527 g/mol. The fourth-order valence-corrected chi connectivity index (χ4v) is 3.35. The van der Waals surface area contributed by atoms with Gasteiger partial charge in [-0.2, -0.15) is 45.0 Å². The van der Waals surface area contributed by atoms with Crippen molar-refractivity contribution in [1.82, 2.24) is 9.80 Å². The van der Waals surface area contributed by atoms with E-state index in [0.29, 0.717) is 0 Å². The molecule has 3 nitrogen and oxygen atoms in total. The molecule has 0 N–H and O–H groups in total. The van der Waals surface area contributed by atoms with E-state index in [1.807, 2.05) is 24.3 Å². The maximum Gasteiger partial charge on any atom is 2.00 e. The van der Waals surface area contributed by atoms with Crippen LogP contribution in [-0.4, -0.2) is 62.2 Å². The zero-order valence-corrected chi connectivity index (χ0v) is 29.6. The second kappa shape index (κ2) is 20.3. The molecule has 1 saturated heterocycles. The molecule has 1 heterocycles. The summed E-state index contributed by atoms with van der Waals surface area (Å²) in [5.74, 6) is 1.42. The average Bonchev–Trinajstić information content (AvgIpc) is 2.65. The van der Waals surface area contributed by atoms with Gasteiger partial charge >= 0.3 is 49.0 Å². The molecular weight excluding hydrogens is 479 g/mol. The Morgan fingerprint density at radius 1 is 0.824 bits per heavy atom. The number of nitrogens with zero attached hydrogens (tertiary/aromatic N) is 3. The number of hydrogen-bond acceptors (Lipinski definition) is 2. The van der Waals surface area contributed by atoms with E-state index in [0.717, 1.165) is 13.1 Å². The van der Waals surface area contributed by atoms with Gasteiger partial charge in [-0.25, -0.2) is 0 Å². The first kappa shape index (κ1) is 38.7. The maximum absolute atomic E-state index is 4.75. The average molecular weight is 529 g/mol. The molecule has 184 valence electrons. The van der Waals surface area contributed by atoms with Gasteiger partial charge in [0.05, 0.1) is 0 Å². The van der Waals surface area contributed by atoms with Gasteiger partial charge in [0.15, 0.2) is 0 Å². The zero-order chi connectivity index (χ0) is 24.8. The number of rotatable bonds is 3. The molecule has 0 amide bonds. The first-order valence-corrected chi connectivity index (χ1v) is 11.9. The van der Waals surface area contributed by atoms with Crippen LogP contribution in [0.15, 0.2) is 42.5 Å². The Morgan fingerprint density at radius 3 is 1.56 bits per heavy atom. The molecule has 34 heavy (non-hydrogen) atoms. The van der Waals surface area contributed by atoms with Crippen molar-refractivity contribution in [3.05, 3.63) is 59.8 Å². The number of piperidine rings is 1. The Bertz CT molecular complexity index is 640. The van der Waals surface area contributed by atoms with Crippen molar-refractivity contribution >= 4 is 10.8 Å². The molecule has 0 aliphatic carbocycles. The Labute approximate surface area is 247 Å².